The van der Waals surface area contributed by atoms with Gasteiger partial charge >= 0.3 is 0 Å². The zero-order valence-corrected chi connectivity index (χ0v) is 9.97. The van der Waals surface area contributed by atoms with E-state index in [0.29, 0.717) is 11.4 Å². The third-order valence-corrected chi connectivity index (χ3v) is 3.75. The summed E-state index contributed by atoms with van der Waals surface area (Å²) in [5.74, 6) is 0. The van der Waals surface area contributed by atoms with Crippen molar-refractivity contribution < 1.29 is 8.42 Å². The molecular weight excluding hydrogens is 210 g/mol. The van der Waals surface area contributed by atoms with E-state index in [9.17, 15) is 8.42 Å². The molecule has 3 nitrogen and oxygen atoms in total. The van der Waals surface area contributed by atoms with Crippen LogP contribution in [-0.2, 0) is 16.4 Å². The maximum atomic E-state index is 11.9. The largest absolute Gasteiger partial charge is 0.240 e. The van der Waals surface area contributed by atoms with E-state index in [1.165, 1.54) is 0 Å². The molecule has 0 saturated carbocycles. The summed E-state index contributed by atoms with van der Waals surface area (Å²) in [6.45, 7) is 4.38. The van der Waals surface area contributed by atoms with E-state index in [4.69, 9.17) is 0 Å². The molecule has 0 bridgehead atoms. The van der Waals surface area contributed by atoms with Gasteiger partial charge in [-0.3, -0.25) is 0 Å². The first-order valence-corrected chi connectivity index (χ1v) is 6.67. The van der Waals surface area contributed by atoms with Gasteiger partial charge in [0.05, 0.1) is 4.90 Å². The second kappa shape index (κ2) is 5.28. The van der Waals surface area contributed by atoms with E-state index < -0.39 is 10.0 Å². The number of rotatable bonds is 5. The van der Waals surface area contributed by atoms with Crippen LogP contribution in [0.5, 0.6) is 0 Å². The van der Waals surface area contributed by atoms with Crippen molar-refractivity contribution in [2.45, 2.75) is 31.6 Å². The number of aryl methyl sites for hydroxylation is 1. The van der Waals surface area contributed by atoms with Crippen LogP contribution in [0.15, 0.2) is 29.2 Å². The SMILES string of the molecule is CCCNS(=O)(=O)c1ccccc1CC. The molecule has 0 radical (unpaired) electrons. The Morgan fingerprint density at radius 3 is 2.47 bits per heavy atom. The molecule has 0 fully saturated rings. The van der Waals surface area contributed by atoms with E-state index in [1.54, 1.807) is 12.1 Å². The number of sulfonamides is 1. The van der Waals surface area contributed by atoms with Crippen LogP contribution in [-0.4, -0.2) is 15.0 Å². The summed E-state index contributed by atoms with van der Waals surface area (Å²) in [6, 6.07) is 7.11. The highest BCUT2D eigenvalue weighted by Crippen LogP contribution is 2.15. The lowest BCUT2D eigenvalue weighted by Crippen LogP contribution is -2.25. The molecule has 4 heteroatoms. The lowest BCUT2D eigenvalue weighted by atomic mass is 10.2. The lowest BCUT2D eigenvalue weighted by molar-refractivity contribution is 0.579. The van der Waals surface area contributed by atoms with E-state index in [0.717, 1.165) is 18.4 Å². The Kier molecular flexibility index (Phi) is 4.29. The predicted molar refractivity (Wildman–Crippen MR) is 61.3 cm³/mol. The molecule has 0 unspecified atom stereocenters. The van der Waals surface area contributed by atoms with Gasteiger partial charge in [-0.15, -0.1) is 0 Å². The molecular formula is C11H17NO2S. The molecule has 0 heterocycles. The second-order valence-electron chi connectivity index (χ2n) is 3.36. The maximum absolute atomic E-state index is 11.9. The van der Waals surface area contributed by atoms with Gasteiger partial charge in [-0.2, -0.15) is 0 Å². The fourth-order valence-corrected chi connectivity index (χ4v) is 2.82. The highest BCUT2D eigenvalue weighted by molar-refractivity contribution is 7.89. The standard InChI is InChI=1S/C11H17NO2S/c1-3-9-12-15(13,14)11-8-6-5-7-10(11)4-2/h5-8,12H,3-4,9H2,1-2H3. The molecule has 0 aliphatic rings. The lowest BCUT2D eigenvalue weighted by Gasteiger charge is -2.09. The molecule has 0 spiro atoms. The normalized spacial score (nSPS) is 11.6. The Bertz CT molecular complexity index is 412. The van der Waals surface area contributed by atoms with Crippen molar-refractivity contribution in [1.29, 1.82) is 0 Å². The Morgan fingerprint density at radius 1 is 1.20 bits per heavy atom. The van der Waals surface area contributed by atoms with E-state index >= 15 is 0 Å². The highest BCUT2D eigenvalue weighted by Gasteiger charge is 2.15. The molecule has 1 rings (SSSR count). The summed E-state index contributed by atoms with van der Waals surface area (Å²) in [5.41, 5.74) is 0.862. The predicted octanol–water partition coefficient (Wildman–Crippen LogP) is 1.94. The van der Waals surface area contributed by atoms with Crippen LogP contribution < -0.4 is 4.72 Å². The van der Waals surface area contributed by atoms with E-state index in [-0.39, 0.29) is 0 Å². The monoisotopic (exact) mass is 227 g/mol. The molecule has 0 saturated heterocycles. The Morgan fingerprint density at radius 2 is 1.87 bits per heavy atom. The number of hydrogen-bond donors (Lipinski definition) is 1. The van der Waals surface area contributed by atoms with Crippen molar-refractivity contribution in [2.24, 2.45) is 0 Å². The fraction of sp³-hybridized carbons (Fsp3) is 0.455. The summed E-state index contributed by atoms with van der Waals surface area (Å²) < 4.78 is 26.3. The number of nitrogens with one attached hydrogen (secondary N) is 1. The van der Waals surface area contributed by atoms with Crippen molar-refractivity contribution in [2.75, 3.05) is 6.54 Å². The van der Waals surface area contributed by atoms with Crippen LogP contribution in [0.25, 0.3) is 0 Å². The fourth-order valence-electron chi connectivity index (χ4n) is 1.37. The van der Waals surface area contributed by atoms with Gasteiger partial charge < -0.3 is 0 Å². The molecule has 0 aliphatic carbocycles. The minimum absolute atomic E-state index is 0.404. The van der Waals surface area contributed by atoms with Crippen LogP contribution in [0, 0.1) is 0 Å². The Balaban J connectivity index is 3.04. The van der Waals surface area contributed by atoms with Gasteiger partial charge in [0.15, 0.2) is 0 Å². The van der Waals surface area contributed by atoms with Crippen molar-refractivity contribution in [1.82, 2.24) is 4.72 Å². The average molecular weight is 227 g/mol. The third kappa shape index (κ3) is 3.04. The summed E-state index contributed by atoms with van der Waals surface area (Å²) in [7, 11) is -3.32. The second-order valence-corrected chi connectivity index (χ2v) is 5.09. The molecule has 0 aliphatic heterocycles. The molecule has 1 N–H and O–H groups in total. The van der Waals surface area contributed by atoms with Crippen molar-refractivity contribution >= 4 is 10.0 Å². The van der Waals surface area contributed by atoms with E-state index in [2.05, 4.69) is 4.72 Å². The van der Waals surface area contributed by atoms with Crippen LogP contribution in [0.1, 0.15) is 25.8 Å². The first kappa shape index (κ1) is 12.2. The summed E-state index contributed by atoms with van der Waals surface area (Å²) in [5, 5.41) is 0. The molecule has 0 atom stereocenters. The molecule has 84 valence electrons. The van der Waals surface area contributed by atoms with Gasteiger partial charge in [0.1, 0.15) is 0 Å². The quantitative estimate of drug-likeness (QED) is 0.835. The smallest absolute Gasteiger partial charge is 0.211 e. The zero-order chi connectivity index (χ0) is 11.3. The average Bonchev–Trinajstić information content (AvgIpc) is 2.26. The van der Waals surface area contributed by atoms with Crippen LogP contribution in [0.4, 0.5) is 0 Å². The summed E-state index contributed by atoms with van der Waals surface area (Å²) in [6.07, 6.45) is 1.52. The first-order chi connectivity index (χ1) is 7.11. The van der Waals surface area contributed by atoms with Crippen molar-refractivity contribution in [3.05, 3.63) is 29.8 Å². The Labute approximate surface area is 91.6 Å². The number of hydrogen-bond acceptors (Lipinski definition) is 2. The minimum Gasteiger partial charge on any atom is -0.211 e. The topological polar surface area (TPSA) is 46.2 Å². The molecule has 0 amide bonds. The molecule has 1 aromatic rings. The van der Waals surface area contributed by atoms with Crippen LogP contribution >= 0.6 is 0 Å². The van der Waals surface area contributed by atoms with Crippen molar-refractivity contribution in [3.63, 3.8) is 0 Å². The van der Waals surface area contributed by atoms with Gasteiger partial charge in [-0.25, -0.2) is 13.1 Å². The number of benzene rings is 1. The maximum Gasteiger partial charge on any atom is 0.240 e. The van der Waals surface area contributed by atoms with E-state index in [1.807, 2.05) is 26.0 Å². The van der Waals surface area contributed by atoms with Gasteiger partial charge in [-0.05, 0) is 24.5 Å². The van der Waals surface area contributed by atoms with Gasteiger partial charge in [0, 0.05) is 6.54 Å². The molecule has 0 aromatic heterocycles. The first-order valence-electron chi connectivity index (χ1n) is 5.19. The summed E-state index contributed by atoms with van der Waals surface area (Å²) in [4.78, 5) is 0.404. The minimum atomic E-state index is -3.32. The molecule has 15 heavy (non-hydrogen) atoms. The van der Waals surface area contributed by atoms with Gasteiger partial charge in [-0.1, -0.05) is 32.0 Å². The van der Waals surface area contributed by atoms with Gasteiger partial charge in [0.25, 0.3) is 0 Å². The molecule has 1 aromatic carbocycles. The van der Waals surface area contributed by atoms with Crippen LogP contribution in [0.3, 0.4) is 0 Å². The summed E-state index contributed by atoms with van der Waals surface area (Å²) >= 11 is 0. The zero-order valence-electron chi connectivity index (χ0n) is 9.16. The van der Waals surface area contributed by atoms with Crippen molar-refractivity contribution in [3.8, 4) is 0 Å². The van der Waals surface area contributed by atoms with Gasteiger partial charge in [0.2, 0.25) is 10.0 Å². The Hall–Kier alpha value is -0.870. The highest BCUT2D eigenvalue weighted by atomic mass is 32.2. The van der Waals surface area contributed by atoms with Crippen LogP contribution in [0.2, 0.25) is 0 Å². The third-order valence-electron chi connectivity index (χ3n) is 2.19.